The Bertz CT molecular complexity index is 811. The van der Waals surface area contributed by atoms with E-state index in [1.165, 1.54) is 0 Å². The third-order valence-electron chi connectivity index (χ3n) is 5.85. The normalized spacial score (nSPS) is 19.6. The molecule has 0 saturated carbocycles. The molecule has 2 heterocycles. The summed E-state index contributed by atoms with van der Waals surface area (Å²) in [5, 5.41) is 0.704. The molecule has 0 aliphatic carbocycles. The van der Waals surface area contributed by atoms with Gasteiger partial charge in [-0.1, -0.05) is 11.6 Å². The van der Waals surface area contributed by atoms with Gasteiger partial charge in [0.1, 0.15) is 5.75 Å². The van der Waals surface area contributed by atoms with E-state index in [4.69, 9.17) is 16.3 Å². The van der Waals surface area contributed by atoms with E-state index in [1.807, 2.05) is 39.8 Å². The van der Waals surface area contributed by atoms with Crippen LogP contribution in [-0.2, 0) is 14.4 Å². The predicted octanol–water partition coefficient (Wildman–Crippen LogP) is 2.26. The molecule has 30 heavy (non-hydrogen) atoms. The molecule has 2 aliphatic rings. The van der Waals surface area contributed by atoms with Crippen molar-refractivity contribution in [2.24, 2.45) is 5.92 Å². The van der Waals surface area contributed by atoms with Gasteiger partial charge in [0.15, 0.2) is 6.61 Å². The fraction of sp³-hybridized carbons (Fsp3) is 0.591. The fourth-order valence-corrected chi connectivity index (χ4v) is 4.17. The summed E-state index contributed by atoms with van der Waals surface area (Å²) in [6.07, 6.45) is 0.282. The molecule has 1 unspecified atom stereocenters. The molecule has 1 aromatic carbocycles. The number of carbonyl (C=O) groups excluding carboxylic acids is 3. The summed E-state index contributed by atoms with van der Waals surface area (Å²) < 4.78 is 5.67. The van der Waals surface area contributed by atoms with Crippen molar-refractivity contribution in [1.29, 1.82) is 0 Å². The molecule has 7 nitrogen and oxygen atoms in total. The van der Waals surface area contributed by atoms with Crippen LogP contribution in [0.1, 0.15) is 31.4 Å². The molecule has 1 aromatic rings. The van der Waals surface area contributed by atoms with Crippen molar-refractivity contribution in [3.8, 4) is 5.75 Å². The van der Waals surface area contributed by atoms with Gasteiger partial charge in [0.2, 0.25) is 11.8 Å². The van der Waals surface area contributed by atoms with Gasteiger partial charge in [0.25, 0.3) is 5.91 Å². The van der Waals surface area contributed by atoms with Gasteiger partial charge < -0.3 is 19.4 Å². The SMILES string of the molecule is Cc1cc(OCC(=O)N2CCN(C(=O)C3CC(=O)N(C(C)C)C3)CC2)cc(C)c1Cl. The van der Waals surface area contributed by atoms with Crippen molar-refractivity contribution < 1.29 is 19.1 Å². The average Bonchev–Trinajstić information content (AvgIpc) is 3.11. The fourth-order valence-electron chi connectivity index (χ4n) is 4.06. The van der Waals surface area contributed by atoms with Crippen LogP contribution in [-0.4, -0.2) is 77.8 Å². The number of rotatable bonds is 5. The van der Waals surface area contributed by atoms with E-state index in [2.05, 4.69) is 0 Å². The minimum Gasteiger partial charge on any atom is -0.484 e. The molecule has 3 rings (SSSR count). The number of aryl methyl sites for hydroxylation is 2. The highest BCUT2D eigenvalue weighted by Crippen LogP contribution is 2.26. The van der Waals surface area contributed by atoms with E-state index in [0.717, 1.165) is 11.1 Å². The van der Waals surface area contributed by atoms with Crippen molar-refractivity contribution >= 4 is 29.3 Å². The second-order valence-electron chi connectivity index (χ2n) is 8.41. The zero-order chi connectivity index (χ0) is 22.0. The van der Waals surface area contributed by atoms with Crippen molar-refractivity contribution in [2.45, 2.75) is 40.2 Å². The average molecular weight is 436 g/mol. The van der Waals surface area contributed by atoms with Gasteiger partial charge in [-0.05, 0) is 51.0 Å². The van der Waals surface area contributed by atoms with E-state index < -0.39 is 0 Å². The van der Waals surface area contributed by atoms with Crippen LogP contribution in [0.25, 0.3) is 0 Å². The molecule has 1 atom stereocenters. The number of likely N-dealkylation sites (tertiary alicyclic amines) is 1. The highest BCUT2D eigenvalue weighted by Gasteiger charge is 2.38. The smallest absolute Gasteiger partial charge is 0.260 e. The number of hydrogen-bond donors (Lipinski definition) is 0. The summed E-state index contributed by atoms with van der Waals surface area (Å²) in [6.45, 7) is 10.1. The molecule has 0 bridgehead atoms. The molecule has 164 valence electrons. The van der Waals surface area contributed by atoms with Crippen LogP contribution in [0.3, 0.4) is 0 Å². The monoisotopic (exact) mass is 435 g/mol. The number of piperazine rings is 1. The Balaban J connectivity index is 1.47. The first-order chi connectivity index (χ1) is 14.2. The van der Waals surface area contributed by atoms with Crippen LogP contribution in [0, 0.1) is 19.8 Å². The molecular formula is C22H30ClN3O4. The van der Waals surface area contributed by atoms with Gasteiger partial charge in [-0.15, -0.1) is 0 Å². The zero-order valence-corrected chi connectivity index (χ0v) is 18.9. The number of ether oxygens (including phenoxy) is 1. The first kappa shape index (κ1) is 22.4. The minimum atomic E-state index is -0.276. The van der Waals surface area contributed by atoms with E-state index in [0.29, 0.717) is 43.5 Å². The van der Waals surface area contributed by atoms with Crippen molar-refractivity contribution in [2.75, 3.05) is 39.3 Å². The molecule has 2 fully saturated rings. The summed E-state index contributed by atoms with van der Waals surface area (Å²) in [7, 11) is 0. The number of hydrogen-bond acceptors (Lipinski definition) is 4. The van der Waals surface area contributed by atoms with Crippen LogP contribution in [0.15, 0.2) is 12.1 Å². The Morgan fingerprint density at radius 3 is 2.20 bits per heavy atom. The van der Waals surface area contributed by atoms with Gasteiger partial charge in [-0.25, -0.2) is 0 Å². The van der Waals surface area contributed by atoms with Gasteiger partial charge in [0, 0.05) is 50.2 Å². The maximum atomic E-state index is 12.8. The highest BCUT2D eigenvalue weighted by molar-refractivity contribution is 6.32. The summed E-state index contributed by atoms with van der Waals surface area (Å²) in [4.78, 5) is 42.7. The quantitative estimate of drug-likeness (QED) is 0.711. The first-order valence-corrected chi connectivity index (χ1v) is 10.8. The van der Waals surface area contributed by atoms with E-state index in [-0.39, 0.29) is 42.7 Å². The second kappa shape index (κ2) is 9.25. The lowest BCUT2D eigenvalue weighted by molar-refractivity contribution is -0.142. The van der Waals surface area contributed by atoms with E-state index in [1.54, 1.807) is 14.7 Å². The standard InChI is InChI=1S/C22H30ClN3O4/c1-14(2)26-12-17(11-19(26)27)22(29)25-7-5-24(6-8-25)20(28)13-30-18-9-15(3)21(23)16(4)10-18/h9-10,14,17H,5-8,11-13H2,1-4H3. The van der Waals surface area contributed by atoms with Crippen LogP contribution in [0.2, 0.25) is 5.02 Å². The molecule has 0 spiro atoms. The van der Waals surface area contributed by atoms with Crippen molar-refractivity contribution in [3.05, 3.63) is 28.3 Å². The molecule has 0 radical (unpaired) electrons. The number of carbonyl (C=O) groups is 3. The van der Waals surface area contributed by atoms with Crippen LogP contribution < -0.4 is 4.74 Å². The van der Waals surface area contributed by atoms with Crippen LogP contribution in [0.5, 0.6) is 5.75 Å². The van der Waals surface area contributed by atoms with Crippen molar-refractivity contribution in [3.63, 3.8) is 0 Å². The largest absolute Gasteiger partial charge is 0.484 e. The van der Waals surface area contributed by atoms with Crippen LogP contribution in [0.4, 0.5) is 0 Å². The van der Waals surface area contributed by atoms with Gasteiger partial charge in [0.05, 0.1) is 5.92 Å². The second-order valence-corrected chi connectivity index (χ2v) is 8.78. The lowest BCUT2D eigenvalue weighted by Gasteiger charge is -2.36. The Hall–Kier alpha value is -2.28. The molecule has 2 aliphatic heterocycles. The van der Waals surface area contributed by atoms with Crippen molar-refractivity contribution in [1.82, 2.24) is 14.7 Å². The maximum Gasteiger partial charge on any atom is 0.260 e. The molecule has 0 aromatic heterocycles. The zero-order valence-electron chi connectivity index (χ0n) is 18.1. The van der Waals surface area contributed by atoms with Gasteiger partial charge in [-0.2, -0.15) is 0 Å². The van der Waals surface area contributed by atoms with Gasteiger partial charge in [-0.3, -0.25) is 14.4 Å². The molecular weight excluding hydrogens is 406 g/mol. The Kier molecular flexibility index (Phi) is 6.91. The topological polar surface area (TPSA) is 70.2 Å². The Morgan fingerprint density at radius 1 is 1.10 bits per heavy atom. The number of nitrogens with zero attached hydrogens (tertiary/aromatic N) is 3. The minimum absolute atomic E-state index is 0.0157. The third-order valence-corrected chi connectivity index (χ3v) is 6.44. The third kappa shape index (κ3) is 4.89. The molecule has 0 N–H and O–H groups in total. The van der Waals surface area contributed by atoms with Gasteiger partial charge >= 0.3 is 0 Å². The lowest BCUT2D eigenvalue weighted by atomic mass is 10.1. The predicted molar refractivity (Wildman–Crippen MR) is 115 cm³/mol. The maximum absolute atomic E-state index is 12.8. The number of benzene rings is 1. The summed E-state index contributed by atoms with van der Waals surface area (Å²) >= 11 is 6.17. The molecule has 8 heteroatoms. The van der Waals surface area contributed by atoms with E-state index >= 15 is 0 Å². The summed E-state index contributed by atoms with van der Waals surface area (Å²) in [5.41, 5.74) is 1.82. The Labute approximate surface area is 182 Å². The first-order valence-electron chi connectivity index (χ1n) is 10.4. The lowest BCUT2D eigenvalue weighted by Crippen LogP contribution is -2.53. The summed E-state index contributed by atoms with van der Waals surface area (Å²) in [6, 6.07) is 3.75. The number of halogens is 1. The molecule has 3 amide bonds. The van der Waals surface area contributed by atoms with Crippen LogP contribution >= 0.6 is 11.6 Å². The Morgan fingerprint density at radius 2 is 1.67 bits per heavy atom. The summed E-state index contributed by atoms with van der Waals surface area (Å²) in [5.74, 6) is 0.303. The molecule has 2 saturated heterocycles. The number of amides is 3. The van der Waals surface area contributed by atoms with E-state index in [9.17, 15) is 14.4 Å². The highest BCUT2D eigenvalue weighted by atomic mass is 35.5.